The molecule has 0 heterocycles. The summed E-state index contributed by atoms with van der Waals surface area (Å²) in [5.74, 6) is 0.904. The van der Waals surface area contributed by atoms with Crippen molar-refractivity contribution < 1.29 is 9.13 Å². The van der Waals surface area contributed by atoms with Gasteiger partial charge in [0.2, 0.25) is 0 Å². The maximum atomic E-state index is 13.8. The SMILES string of the molecule is CCCc1cc(P)cc(F)c1OCC1CC1. The average Bonchev–Trinajstić information content (AvgIpc) is 3.00. The molecular formula is C13H18FOP. The fourth-order valence-corrected chi connectivity index (χ4v) is 2.12. The molecule has 0 bridgehead atoms. The molecule has 16 heavy (non-hydrogen) atoms. The molecule has 1 aromatic rings. The zero-order valence-corrected chi connectivity index (χ0v) is 10.8. The molecule has 1 unspecified atom stereocenters. The topological polar surface area (TPSA) is 9.23 Å². The van der Waals surface area contributed by atoms with E-state index in [4.69, 9.17) is 4.74 Å². The lowest BCUT2D eigenvalue weighted by atomic mass is 10.1. The Balaban J connectivity index is 2.16. The third-order valence-electron chi connectivity index (χ3n) is 2.82. The van der Waals surface area contributed by atoms with E-state index in [0.29, 0.717) is 18.3 Å². The van der Waals surface area contributed by atoms with Gasteiger partial charge in [-0.3, -0.25) is 0 Å². The minimum atomic E-state index is -0.225. The maximum Gasteiger partial charge on any atom is 0.165 e. The van der Waals surface area contributed by atoms with Gasteiger partial charge in [-0.1, -0.05) is 13.3 Å². The molecule has 0 spiro atoms. The highest BCUT2D eigenvalue weighted by molar-refractivity contribution is 7.27. The number of aryl methyl sites for hydroxylation is 1. The van der Waals surface area contributed by atoms with E-state index in [0.717, 1.165) is 23.7 Å². The largest absolute Gasteiger partial charge is 0.490 e. The molecule has 0 radical (unpaired) electrons. The molecule has 1 saturated carbocycles. The number of halogens is 1. The van der Waals surface area contributed by atoms with E-state index in [9.17, 15) is 4.39 Å². The summed E-state index contributed by atoms with van der Waals surface area (Å²) in [5, 5.41) is 0.889. The Hall–Kier alpha value is -0.620. The van der Waals surface area contributed by atoms with Crippen molar-refractivity contribution in [2.75, 3.05) is 6.61 Å². The summed E-state index contributed by atoms with van der Waals surface area (Å²) < 4.78 is 19.4. The van der Waals surface area contributed by atoms with E-state index in [2.05, 4.69) is 16.2 Å². The van der Waals surface area contributed by atoms with Crippen molar-refractivity contribution in [3.8, 4) is 5.75 Å². The molecule has 0 aromatic heterocycles. The summed E-state index contributed by atoms with van der Waals surface area (Å²) in [6.45, 7) is 2.77. The number of hydrogen-bond acceptors (Lipinski definition) is 1. The van der Waals surface area contributed by atoms with E-state index in [-0.39, 0.29) is 5.82 Å². The second-order valence-corrected chi connectivity index (χ2v) is 5.16. The molecule has 1 fully saturated rings. The van der Waals surface area contributed by atoms with Gasteiger partial charge in [-0.15, -0.1) is 9.24 Å². The van der Waals surface area contributed by atoms with Crippen LogP contribution in [0.5, 0.6) is 5.75 Å². The number of ether oxygens (including phenoxy) is 1. The summed E-state index contributed by atoms with van der Waals surface area (Å²) in [7, 11) is 2.54. The van der Waals surface area contributed by atoms with Gasteiger partial charge >= 0.3 is 0 Å². The molecule has 3 heteroatoms. The maximum absolute atomic E-state index is 13.8. The van der Waals surface area contributed by atoms with E-state index < -0.39 is 0 Å². The Morgan fingerprint density at radius 3 is 2.81 bits per heavy atom. The van der Waals surface area contributed by atoms with Gasteiger partial charge in [-0.25, -0.2) is 4.39 Å². The molecule has 2 rings (SSSR count). The number of rotatable bonds is 5. The predicted octanol–water partition coefficient (Wildman–Crippen LogP) is 3.07. The van der Waals surface area contributed by atoms with Crippen LogP contribution in [-0.2, 0) is 6.42 Å². The van der Waals surface area contributed by atoms with Crippen LogP contribution in [0.25, 0.3) is 0 Å². The highest BCUT2D eigenvalue weighted by Gasteiger charge is 2.23. The quantitative estimate of drug-likeness (QED) is 0.719. The fourth-order valence-electron chi connectivity index (χ4n) is 1.78. The van der Waals surface area contributed by atoms with Crippen molar-refractivity contribution in [1.29, 1.82) is 0 Å². The molecule has 1 aliphatic carbocycles. The first-order chi connectivity index (χ1) is 7.70. The highest BCUT2D eigenvalue weighted by atomic mass is 31.0. The van der Waals surface area contributed by atoms with Crippen molar-refractivity contribution >= 4 is 14.5 Å². The molecule has 0 aliphatic heterocycles. The Bertz CT molecular complexity index is 374. The van der Waals surface area contributed by atoms with E-state index >= 15 is 0 Å². The summed E-state index contributed by atoms with van der Waals surface area (Å²) in [6.07, 6.45) is 4.34. The molecule has 1 aromatic carbocycles. The van der Waals surface area contributed by atoms with Gasteiger partial charge in [-0.2, -0.15) is 0 Å². The Morgan fingerprint density at radius 1 is 1.44 bits per heavy atom. The number of benzene rings is 1. The molecule has 88 valence electrons. The zero-order chi connectivity index (χ0) is 11.5. The lowest BCUT2D eigenvalue weighted by Crippen LogP contribution is -2.07. The summed E-state index contributed by atoms with van der Waals surface area (Å²) in [4.78, 5) is 0. The lowest BCUT2D eigenvalue weighted by molar-refractivity contribution is 0.282. The minimum Gasteiger partial charge on any atom is -0.490 e. The van der Waals surface area contributed by atoms with Gasteiger partial charge in [-0.05, 0) is 48.2 Å². The molecule has 1 atom stereocenters. The first kappa shape index (κ1) is 11.9. The van der Waals surface area contributed by atoms with Crippen LogP contribution in [0.2, 0.25) is 0 Å². The van der Waals surface area contributed by atoms with Gasteiger partial charge in [0.25, 0.3) is 0 Å². The molecule has 0 N–H and O–H groups in total. The zero-order valence-electron chi connectivity index (χ0n) is 9.63. The minimum absolute atomic E-state index is 0.225. The van der Waals surface area contributed by atoms with Crippen molar-refractivity contribution in [2.45, 2.75) is 32.6 Å². The van der Waals surface area contributed by atoms with Crippen LogP contribution in [0.4, 0.5) is 4.39 Å². The third kappa shape index (κ3) is 2.95. The molecular weight excluding hydrogens is 222 g/mol. The van der Waals surface area contributed by atoms with E-state index in [1.807, 2.05) is 6.07 Å². The Kier molecular flexibility index (Phi) is 3.81. The van der Waals surface area contributed by atoms with E-state index in [1.54, 1.807) is 0 Å². The standard InChI is InChI=1S/C13H18FOP/c1-2-3-10-6-11(16)7-12(14)13(10)15-8-9-4-5-9/h6-7,9H,2-5,8,16H2,1H3. The molecule has 1 nitrogen and oxygen atoms in total. The Morgan fingerprint density at radius 2 is 2.19 bits per heavy atom. The number of hydrogen-bond donors (Lipinski definition) is 0. The first-order valence-electron chi connectivity index (χ1n) is 5.91. The predicted molar refractivity (Wildman–Crippen MR) is 68.0 cm³/mol. The van der Waals surface area contributed by atoms with Crippen LogP contribution < -0.4 is 10.0 Å². The first-order valence-corrected chi connectivity index (χ1v) is 6.49. The van der Waals surface area contributed by atoms with Gasteiger partial charge in [0, 0.05) is 0 Å². The fraction of sp³-hybridized carbons (Fsp3) is 0.538. The van der Waals surface area contributed by atoms with Gasteiger partial charge < -0.3 is 4.74 Å². The summed E-state index contributed by atoms with van der Waals surface area (Å²) >= 11 is 0. The van der Waals surface area contributed by atoms with Gasteiger partial charge in [0.15, 0.2) is 11.6 Å². The normalized spacial score (nSPS) is 15.2. The van der Waals surface area contributed by atoms with Crippen molar-refractivity contribution in [3.63, 3.8) is 0 Å². The molecule has 1 aliphatic rings. The van der Waals surface area contributed by atoms with Crippen LogP contribution in [0.15, 0.2) is 12.1 Å². The van der Waals surface area contributed by atoms with Crippen molar-refractivity contribution in [3.05, 3.63) is 23.5 Å². The third-order valence-corrected chi connectivity index (χ3v) is 3.16. The Labute approximate surface area is 98.6 Å². The summed E-state index contributed by atoms with van der Waals surface area (Å²) in [5.41, 5.74) is 0.994. The second kappa shape index (κ2) is 5.14. The molecule has 0 amide bonds. The van der Waals surface area contributed by atoms with Crippen LogP contribution in [0.3, 0.4) is 0 Å². The molecule has 0 saturated heterocycles. The van der Waals surface area contributed by atoms with Gasteiger partial charge in [0.1, 0.15) is 0 Å². The second-order valence-electron chi connectivity index (χ2n) is 4.50. The average molecular weight is 240 g/mol. The van der Waals surface area contributed by atoms with Crippen molar-refractivity contribution in [2.24, 2.45) is 5.92 Å². The van der Waals surface area contributed by atoms with Crippen LogP contribution in [0.1, 0.15) is 31.7 Å². The van der Waals surface area contributed by atoms with Crippen LogP contribution in [0, 0.1) is 11.7 Å². The monoisotopic (exact) mass is 240 g/mol. The summed E-state index contributed by atoms with van der Waals surface area (Å²) in [6, 6.07) is 3.52. The smallest absolute Gasteiger partial charge is 0.165 e. The lowest BCUT2D eigenvalue weighted by Gasteiger charge is -2.12. The van der Waals surface area contributed by atoms with Crippen molar-refractivity contribution in [1.82, 2.24) is 0 Å². The van der Waals surface area contributed by atoms with E-state index in [1.165, 1.54) is 18.9 Å². The van der Waals surface area contributed by atoms with Crippen LogP contribution in [-0.4, -0.2) is 6.61 Å². The highest BCUT2D eigenvalue weighted by Crippen LogP contribution is 2.31. The van der Waals surface area contributed by atoms with Crippen LogP contribution >= 0.6 is 9.24 Å². The van der Waals surface area contributed by atoms with Gasteiger partial charge in [0.05, 0.1) is 6.61 Å².